The van der Waals surface area contributed by atoms with Crippen LogP contribution >= 0.6 is 11.6 Å². The van der Waals surface area contributed by atoms with E-state index < -0.39 is 0 Å². The molecule has 6 heteroatoms. The summed E-state index contributed by atoms with van der Waals surface area (Å²) in [5.74, 6) is 1.70. The molecule has 2 aromatic heterocycles. The van der Waals surface area contributed by atoms with Gasteiger partial charge in [0.05, 0.1) is 18.8 Å². The summed E-state index contributed by atoms with van der Waals surface area (Å²) in [5.41, 5.74) is 2.50. The van der Waals surface area contributed by atoms with Crippen LogP contribution in [0.15, 0.2) is 48.8 Å². The van der Waals surface area contributed by atoms with Crippen molar-refractivity contribution in [3.8, 4) is 11.3 Å². The second-order valence-corrected chi connectivity index (χ2v) is 6.06. The molecule has 118 valence electrons. The Morgan fingerprint density at radius 3 is 2.92 bits per heavy atom. The minimum Gasteiger partial charge on any atom is -0.356 e. The third-order valence-corrected chi connectivity index (χ3v) is 4.34. The molecule has 1 aliphatic rings. The van der Waals surface area contributed by atoms with E-state index in [1.807, 2.05) is 24.3 Å². The fourth-order valence-electron chi connectivity index (χ4n) is 2.94. The molecule has 0 fully saturated rings. The van der Waals surface area contributed by atoms with Gasteiger partial charge in [0.1, 0.15) is 11.6 Å². The zero-order valence-corrected chi connectivity index (χ0v) is 13.6. The lowest BCUT2D eigenvalue weighted by Crippen LogP contribution is -2.34. The van der Waals surface area contributed by atoms with Crippen LogP contribution in [0.4, 0.5) is 11.5 Å². The summed E-state index contributed by atoms with van der Waals surface area (Å²) in [5, 5.41) is 0.704. The van der Waals surface area contributed by atoms with E-state index in [2.05, 4.69) is 25.5 Å². The van der Waals surface area contributed by atoms with Crippen LogP contribution in [0.3, 0.4) is 0 Å². The molecule has 3 heterocycles. The minimum atomic E-state index is 0.576. The van der Waals surface area contributed by atoms with Gasteiger partial charge in [-0.3, -0.25) is 4.98 Å². The van der Waals surface area contributed by atoms with E-state index in [9.17, 15) is 0 Å². The average molecular weight is 336 g/mol. The highest BCUT2D eigenvalue weighted by atomic mass is 35.5. The predicted octanol–water partition coefficient (Wildman–Crippen LogP) is 4.17. The Morgan fingerprint density at radius 2 is 2.08 bits per heavy atom. The molecule has 0 spiro atoms. The molecule has 24 heavy (non-hydrogen) atoms. The molecule has 0 saturated heterocycles. The average Bonchev–Trinajstić information content (AvgIpc) is 3.05. The van der Waals surface area contributed by atoms with Crippen molar-refractivity contribution in [1.82, 2.24) is 14.5 Å². The van der Waals surface area contributed by atoms with Crippen molar-refractivity contribution >= 4 is 23.1 Å². The number of nitrogens with zero attached hydrogens (tertiary/aromatic N) is 5. The second-order valence-electron chi connectivity index (χ2n) is 5.63. The summed E-state index contributed by atoms with van der Waals surface area (Å²) in [6.45, 7) is 9.57. The van der Waals surface area contributed by atoms with Gasteiger partial charge in [0.2, 0.25) is 5.69 Å². The molecule has 5 nitrogen and oxygen atoms in total. The van der Waals surface area contributed by atoms with Crippen LogP contribution in [0.5, 0.6) is 0 Å². The summed E-state index contributed by atoms with van der Waals surface area (Å²) in [7, 11) is 0. The first-order chi connectivity index (χ1) is 11.7. The molecule has 0 N–H and O–H groups in total. The van der Waals surface area contributed by atoms with Crippen molar-refractivity contribution in [2.45, 2.75) is 13.1 Å². The van der Waals surface area contributed by atoms with Crippen LogP contribution in [0.2, 0.25) is 5.02 Å². The van der Waals surface area contributed by atoms with Crippen LogP contribution in [-0.2, 0) is 13.1 Å². The SMILES string of the molecule is [C-]#[N+]c1cccnc1N1CCn2cc(-c3cccc(Cl)c3)nc2C1. The lowest BCUT2D eigenvalue weighted by Gasteiger charge is -2.29. The van der Waals surface area contributed by atoms with Crippen molar-refractivity contribution in [3.05, 3.63) is 71.1 Å². The largest absolute Gasteiger partial charge is 0.356 e. The first-order valence-corrected chi connectivity index (χ1v) is 8.02. The monoisotopic (exact) mass is 335 g/mol. The van der Waals surface area contributed by atoms with E-state index >= 15 is 0 Å². The number of hydrogen-bond donors (Lipinski definition) is 0. The number of benzene rings is 1. The van der Waals surface area contributed by atoms with Crippen molar-refractivity contribution in [1.29, 1.82) is 0 Å². The third-order valence-electron chi connectivity index (χ3n) is 4.11. The van der Waals surface area contributed by atoms with Gasteiger partial charge in [-0.2, -0.15) is 0 Å². The molecule has 1 aliphatic heterocycles. The molecule has 0 amide bonds. The van der Waals surface area contributed by atoms with Gasteiger partial charge in [-0.1, -0.05) is 35.9 Å². The van der Waals surface area contributed by atoms with Crippen LogP contribution < -0.4 is 4.90 Å². The Morgan fingerprint density at radius 1 is 1.17 bits per heavy atom. The van der Waals surface area contributed by atoms with E-state index in [4.69, 9.17) is 23.2 Å². The molecule has 0 unspecified atom stereocenters. The Kier molecular flexibility index (Phi) is 3.68. The topological polar surface area (TPSA) is 38.3 Å². The van der Waals surface area contributed by atoms with Crippen molar-refractivity contribution in [3.63, 3.8) is 0 Å². The predicted molar refractivity (Wildman–Crippen MR) is 94.2 cm³/mol. The van der Waals surface area contributed by atoms with Gasteiger partial charge >= 0.3 is 0 Å². The smallest absolute Gasteiger partial charge is 0.228 e. The highest BCUT2D eigenvalue weighted by Crippen LogP contribution is 2.30. The molecule has 4 rings (SSSR count). The van der Waals surface area contributed by atoms with Gasteiger partial charge in [0.15, 0.2) is 0 Å². The fraction of sp³-hybridized carbons (Fsp3) is 0.167. The summed E-state index contributed by atoms with van der Waals surface area (Å²) < 4.78 is 2.16. The van der Waals surface area contributed by atoms with Crippen molar-refractivity contribution in [2.24, 2.45) is 0 Å². The van der Waals surface area contributed by atoms with E-state index in [-0.39, 0.29) is 0 Å². The Labute approximate surface area is 145 Å². The first-order valence-electron chi connectivity index (χ1n) is 7.64. The Bertz CT molecular complexity index is 941. The first kappa shape index (κ1) is 14.7. The maximum absolute atomic E-state index is 7.31. The molecule has 0 saturated carbocycles. The molecule has 0 bridgehead atoms. The third kappa shape index (κ3) is 2.61. The summed E-state index contributed by atoms with van der Waals surface area (Å²) in [4.78, 5) is 14.8. The Hall–Kier alpha value is -2.84. The normalized spacial score (nSPS) is 13.4. The van der Waals surface area contributed by atoms with Gasteiger partial charge in [-0.25, -0.2) is 9.83 Å². The number of halogens is 1. The van der Waals surface area contributed by atoms with Crippen LogP contribution in [-0.4, -0.2) is 21.1 Å². The molecular weight excluding hydrogens is 322 g/mol. The minimum absolute atomic E-state index is 0.576. The lowest BCUT2D eigenvalue weighted by molar-refractivity contribution is 0.557. The van der Waals surface area contributed by atoms with Gasteiger partial charge in [-0.05, 0) is 12.1 Å². The highest BCUT2D eigenvalue weighted by molar-refractivity contribution is 6.30. The summed E-state index contributed by atoms with van der Waals surface area (Å²) in [6, 6.07) is 11.3. The van der Waals surface area contributed by atoms with Crippen LogP contribution in [0.25, 0.3) is 16.1 Å². The molecule has 0 aliphatic carbocycles. The Balaban J connectivity index is 1.66. The number of rotatable bonds is 2. The zero-order chi connectivity index (χ0) is 16.5. The van der Waals surface area contributed by atoms with Crippen LogP contribution in [0, 0.1) is 6.57 Å². The molecule has 1 aromatic carbocycles. The summed E-state index contributed by atoms with van der Waals surface area (Å²) >= 11 is 6.08. The van der Waals surface area contributed by atoms with Gasteiger partial charge in [0, 0.05) is 36.1 Å². The van der Waals surface area contributed by atoms with E-state index in [0.717, 1.165) is 36.0 Å². The van der Waals surface area contributed by atoms with Crippen molar-refractivity contribution < 1.29 is 0 Å². The maximum atomic E-state index is 7.31. The number of anilines is 1. The van der Waals surface area contributed by atoms with Crippen molar-refractivity contribution in [2.75, 3.05) is 11.4 Å². The lowest BCUT2D eigenvalue weighted by atomic mass is 10.2. The molecule has 0 radical (unpaired) electrons. The zero-order valence-electron chi connectivity index (χ0n) is 12.9. The number of aromatic nitrogens is 3. The van der Waals surface area contributed by atoms with Gasteiger partial charge in [0.25, 0.3) is 0 Å². The highest BCUT2D eigenvalue weighted by Gasteiger charge is 2.21. The number of hydrogen-bond acceptors (Lipinski definition) is 3. The van der Waals surface area contributed by atoms with E-state index in [1.54, 1.807) is 18.3 Å². The number of fused-ring (bicyclic) bond motifs is 1. The second kappa shape index (κ2) is 5.99. The van der Waals surface area contributed by atoms with Crippen LogP contribution in [0.1, 0.15) is 5.82 Å². The van der Waals surface area contributed by atoms with E-state index in [0.29, 0.717) is 17.3 Å². The fourth-order valence-corrected chi connectivity index (χ4v) is 3.13. The maximum Gasteiger partial charge on any atom is 0.228 e. The quantitative estimate of drug-likeness (QED) is 0.660. The van der Waals surface area contributed by atoms with E-state index in [1.165, 1.54) is 0 Å². The number of imidazole rings is 1. The number of pyridine rings is 1. The molecule has 0 atom stereocenters. The molecular formula is C18H14ClN5. The molecule has 3 aromatic rings. The summed E-state index contributed by atoms with van der Waals surface area (Å²) in [6.07, 6.45) is 3.79. The van der Waals surface area contributed by atoms with Gasteiger partial charge < -0.3 is 9.47 Å². The standard InChI is InChI=1S/C18H14ClN5/c1-20-15-6-3-7-21-18(15)24-9-8-23-11-16(22-17(23)12-24)13-4-2-5-14(19)10-13/h2-7,10-11H,8-9,12H2. The van der Waals surface area contributed by atoms with Gasteiger partial charge in [-0.15, -0.1) is 0 Å².